The van der Waals surface area contributed by atoms with E-state index in [-0.39, 0.29) is 17.7 Å². The summed E-state index contributed by atoms with van der Waals surface area (Å²) in [5, 5.41) is 13.1. The molecule has 0 spiro atoms. The van der Waals surface area contributed by atoms with Crippen molar-refractivity contribution in [1.82, 2.24) is 10.9 Å². The lowest BCUT2D eigenvalue weighted by atomic mass is 9.98. The van der Waals surface area contributed by atoms with E-state index >= 15 is 0 Å². The Kier molecular flexibility index (Phi) is 5.83. The number of hydrogen-bond donors (Lipinski definition) is 4. The maximum absolute atomic E-state index is 12.7. The van der Waals surface area contributed by atoms with Gasteiger partial charge in [0.25, 0.3) is 0 Å². The molecule has 27 heavy (non-hydrogen) atoms. The summed E-state index contributed by atoms with van der Waals surface area (Å²) in [6.45, 7) is 2.06. The maximum atomic E-state index is 12.7. The van der Waals surface area contributed by atoms with E-state index in [1.54, 1.807) is 38.5 Å². The highest BCUT2D eigenvalue weighted by atomic mass is 16.5. The van der Waals surface area contributed by atoms with Gasteiger partial charge in [0, 0.05) is 11.6 Å². The molecule has 1 fully saturated rings. The van der Waals surface area contributed by atoms with Crippen molar-refractivity contribution < 1.29 is 19.4 Å². The fourth-order valence-electron chi connectivity index (χ4n) is 3.17. The lowest BCUT2D eigenvalue weighted by molar-refractivity contribution is -0.117. The summed E-state index contributed by atoms with van der Waals surface area (Å²) >= 11 is 0. The molecule has 0 aromatic heterocycles. The molecule has 4 N–H and O–H groups in total. The molecule has 144 valence electrons. The molecule has 1 saturated heterocycles. The number of nitrogens with one attached hydrogen (secondary N) is 3. The summed E-state index contributed by atoms with van der Waals surface area (Å²) < 4.78 is 10.5. The van der Waals surface area contributed by atoms with Gasteiger partial charge in [-0.25, -0.2) is 10.9 Å². The first-order valence-electron chi connectivity index (χ1n) is 8.91. The molecular weight excluding hydrogens is 346 g/mol. The number of amides is 1. The van der Waals surface area contributed by atoms with Gasteiger partial charge in [-0.3, -0.25) is 4.79 Å². The average molecular weight is 371 g/mol. The SMILES string of the molecule is CCc1ccc(O)c(C2CC(C(=O)Nc3cc(OC)ccc3OC)NN2)c1. The van der Waals surface area contributed by atoms with Gasteiger partial charge in [0.2, 0.25) is 5.91 Å². The molecule has 0 saturated carbocycles. The van der Waals surface area contributed by atoms with Crippen molar-refractivity contribution in [2.75, 3.05) is 19.5 Å². The van der Waals surface area contributed by atoms with Crippen LogP contribution in [0.5, 0.6) is 17.2 Å². The van der Waals surface area contributed by atoms with E-state index in [0.29, 0.717) is 23.6 Å². The molecular formula is C20H25N3O4. The first-order chi connectivity index (χ1) is 13.0. The number of benzene rings is 2. The number of hydrazine groups is 1. The second-order valence-corrected chi connectivity index (χ2v) is 6.43. The molecule has 7 heteroatoms. The summed E-state index contributed by atoms with van der Waals surface area (Å²) in [5.41, 5.74) is 8.59. The smallest absolute Gasteiger partial charge is 0.243 e. The van der Waals surface area contributed by atoms with Gasteiger partial charge in [-0.05, 0) is 36.6 Å². The Balaban J connectivity index is 1.71. The molecule has 2 aromatic rings. The molecule has 0 radical (unpaired) electrons. The number of carbonyl (C=O) groups excluding carboxylic acids is 1. The van der Waals surface area contributed by atoms with Crippen molar-refractivity contribution in [3.63, 3.8) is 0 Å². The third-order valence-electron chi connectivity index (χ3n) is 4.76. The largest absolute Gasteiger partial charge is 0.508 e. The Hall–Kier alpha value is -2.77. The van der Waals surface area contributed by atoms with E-state index in [1.807, 2.05) is 12.1 Å². The van der Waals surface area contributed by atoms with E-state index in [2.05, 4.69) is 23.1 Å². The lowest BCUT2D eigenvalue weighted by Crippen LogP contribution is -2.39. The van der Waals surface area contributed by atoms with Gasteiger partial charge in [-0.2, -0.15) is 0 Å². The Morgan fingerprint density at radius 3 is 2.70 bits per heavy atom. The van der Waals surface area contributed by atoms with E-state index in [1.165, 1.54) is 0 Å². The summed E-state index contributed by atoms with van der Waals surface area (Å²) in [5.74, 6) is 1.22. The van der Waals surface area contributed by atoms with Gasteiger partial charge in [-0.1, -0.05) is 19.1 Å². The van der Waals surface area contributed by atoms with Crippen LogP contribution >= 0.6 is 0 Å². The van der Waals surface area contributed by atoms with Crippen molar-refractivity contribution in [2.24, 2.45) is 0 Å². The zero-order valence-electron chi connectivity index (χ0n) is 15.7. The van der Waals surface area contributed by atoms with Crippen LogP contribution in [0.3, 0.4) is 0 Å². The van der Waals surface area contributed by atoms with Gasteiger partial charge >= 0.3 is 0 Å². The minimum Gasteiger partial charge on any atom is -0.508 e. The van der Waals surface area contributed by atoms with Crippen LogP contribution in [0.1, 0.15) is 30.5 Å². The van der Waals surface area contributed by atoms with Gasteiger partial charge in [0.05, 0.1) is 25.9 Å². The summed E-state index contributed by atoms with van der Waals surface area (Å²) in [6.07, 6.45) is 1.39. The van der Waals surface area contributed by atoms with Crippen LogP contribution in [0.15, 0.2) is 36.4 Å². The quantitative estimate of drug-likeness (QED) is 0.624. The highest BCUT2D eigenvalue weighted by Crippen LogP contribution is 2.32. The fourth-order valence-corrected chi connectivity index (χ4v) is 3.17. The summed E-state index contributed by atoms with van der Waals surface area (Å²) in [6, 6.07) is 10.2. The van der Waals surface area contributed by atoms with Gasteiger partial charge < -0.3 is 19.9 Å². The second-order valence-electron chi connectivity index (χ2n) is 6.43. The van der Waals surface area contributed by atoms with Crippen LogP contribution in [-0.4, -0.2) is 31.3 Å². The molecule has 1 aliphatic rings. The molecule has 3 rings (SSSR count). The van der Waals surface area contributed by atoms with E-state index in [0.717, 1.165) is 17.5 Å². The van der Waals surface area contributed by atoms with Crippen LogP contribution in [-0.2, 0) is 11.2 Å². The standard InChI is InChI=1S/C20H25N3O4/c1-4-12-5-7-18(24)14(9-12)15-11-17(23-22-15)20(25)21-16-10-13(26-2)6-8-19(16)27-3/h5-10,15,17,22-24H,4,11H2,1-3H3,(H,21,25). The zero-order chi connectivity index (χ0) is 19.4. The number of phenols is 1. The molecule has 2 unspecified atom stereocenters. The first kappa shape index (κ1) is 19.0. The maximum Gasteiger partial charge on any atom is 0.243 e. The number of carbonyl (C=O) groups is 1. The van der Waals surface area contributed by atoms with Crippen LogP contribution in [0.4, 0.5) is 5.69 Å². The Labute approximate surface area is 158 Å². The number of hydrogen-bond acceptors (Lipinski definition) is 6. The van der Waals surface area contributed by atoms with E-state index < -0.39 is 6.04 Å². The molecule has 1 aliphatic heterocycles. The lowest BCUT2D eigenvalue weighted by Gasteiger charge is -2.15. The van der Waals surface area contributed by atoms with Crippen LogP contribution < -0.4 is 25.6 Å². The predicted octanol–water partition coefficient (Wildman–Crippen LogP) is 2.52. The minimum atomic E-state index is -0.449. The fraction of sp³-hybridized carbons (Fsp3) is 0.350. The second kappa shape index (κ2) is 8.28. The predicted molar refractivity (Wildman–Crippen MR) is 103 cm³/mol. The molecule has 2 aromatic carbocycles. The molecule has 7 nitrogen and oxygen atoms in total. The molecule has 1 heterocycles. The number of phenolic OH excluding ortho intramolecular Hbond substituents is 1. The van der Waals surface area contributed by atoms with Gasteiger partial charge in [0.1, 0.15) is 23.3 Å². The number of ether oxygens (including phenoxy) is 2. The molecule has 0 aliphatic carbocycles. The zero-order valence-corrected chi connectivity index (χ0v) is 15.7. The summed E-state index contributed by atoms with van der Waals surface area (Å²) in [7, 11) is 3.11. The van der Waals surface area contributed by atoms with Crippen molar-refractivity contribution in [3.05, 3.63) is 47.5 Å². The average Bonchev–Trinajstić information content (AvgIpc) is 3.18. The minimum absolute atomic E-state index is 0.153. The molecule has 1 amide bonds. The highest BCUT2D eigenvalue weighted by molar-refractivity contribution is 5.96. The Bertz CT molecular complexity index is 825. The van der Waals surface area contributed by atoms with Crippen LogP contribution in [0, 0.1) is 0 Å². The summed E-state index contributed by atoms with van der Waals surface area (Å²) in [4.78, 5) is 12.7. The normalized spacial score (nSPS) is 18.9. The van der Waals surface area contributed by atoms with Crippen LogP contribution in [0.25, 0.3) is 0 Å². The number of anilines is 1. The van der Waals surface area contributed by atoms with Crippen LogP contribution in [0.2, 0.25) is 0 Å². The molecule has 2 atom stereocenters. The first-order valence-corrected chi connectivity index (χ1v) is 8.91. The number of rotatable bonds is 6. The topological polar surface area (TPSA) is 91.9 Å². The van der Waals surface area contributed by atoms with Crippen molar-refractivity contribution in [1.29, 1.82) is 0 Å². The third kappa shape index (κ3) is 4.15. The van der Waals surface area contributed by atoms with Crippen molar-refractivity contribution >= 4 is 11.6 Å². The highest BCUT2D eigenvalue weighted by Gasteiger charge is 2.32. The van der Waals surface area contributed by atoms with Gasteiger partial charge in [-0.15, -0.1) is 0 Å². The number of aryl methyl sites for hydroxylation is 1. The van der Waals surface area contributed by atoms with Crippen molar-refractivity contribution in [2.45, 2.75) is 31.8 Å². The molecule has 0 bridgehead atoms. The third-order valence-corrected chi connectivity index (χ3v) is 4.76. The Morgan fingerprint density at radius 2 is 2.00 bits per heavy atom. The number of methoxy groups -OCH3 is 2. The van der Waals surface area contributed by atoms with Crippen molar-refractivity contribution in [3.8, 4) is 17.2 Å². The monoisotopic (exact) mass is 371 g/mol. The van der Waals surface area contributed by atoms with E-state index in [9.17, 15) is 9.90 Å². The number of aromatic hydroxyl groups is 1. The van der Waals surface area contributed by atoms with E-state index in [4.69, 9.17) is 9.47 Å². The Morgan fingerprint density at radius 1 is 1.19 bits per heavy atom. The van der Waals surface area contributed by atoms with Gasteiger partial charge in [0.15, 0.2) is 0 Å².